The Balaban J connectivity index is 1.47. The molecule has 144 valence electrons. The molecule has 0 radical (unpaired) electrons. The molecule has 0 bridgehead atoms. The van der Waals surface area contributed by atoms with Crippen molar-refractivity contribution in [2.75, 3.05) is 0 Å². The minimum Gasteiger partial charge on any atom is -0.437 e. The number of fused-ring (bicyclic) bond motifs is 1. The Bertz CT molecular complexity index is 1200. The van der Waals surface area contributed by atoms with Crippen molar-refractivity contribution < 1.29 is 9.53 Å². The Morgan fingerprint density at radius 1 is 1.14 bits per heavy atom. The third-order valence-electron chi connectivity index (χ3n) is 5.04. The largest absolute Gasteiger partial charge is 0.437 e. The summed E-state index contributed by atoms with van der Waals surface area (Å²) in [5, 5.41) is 8.57. The molecule has 0 N–H and O–H groups in total. The number of ether oxygens (including phenoxy) is 1. The summed E-state index contributed by atoms with van der Waals surface area (Å²) in [5.74, 6) is 1.50. The highest BCUT2D eigenvalue weighted by Crippen LogP contribution is 2.37. The Morgan fingerprint density at radius 2 is 1.97 bits per heavy atom. The van der Waals surface area contributed by atoms with Gasteiger partial charge in [-0.3, -0.25) is 4.79 Å². The summed E-state index contributed by atoms with van der Waals surface area (Å²) >= 11 is 3.58. The summed E-state index contributed by atoms with van der Waals surface area (Å²) in [4.78, 5) is 16.0. The van der Waals surface area contributed by atoms with E-state index in [0.29, 0.717) is 21.7 Å². The van der Waals surface area contributed by atoms with E-state index < -0.39 is 0 Å². The second kappa shape index (κ2) is 7.40. The average Bonchev–Trinajstić information content (AvgIpc) is 3.49. The fraction of sp³-hybridized carbons (Fsp3) is 0.182. The number of aromatic nitrogens is 4. The van der Waals surface area contributed by atoms with Crippen molar-refractivity contribution >= 4 is 33.2 Å². The molecule has 4 aromatic rings. The number of carbonyl (C=O) groups excluding carboxylic acids is 1. The van der Waals surface area contributed by atoms with Crippen LogP contribution in [0.15, 0.2) is 59.2 Å². The van der Waals surface area contributed by atoms with Crippen LogP contribution in [0.1, 0.15) is 23.2 Å². The van der Waals surface area contributed by atoms with E-state index >= 15 is 0 Å². The van der Waals surface area contributed by atoms with Crippen LogP contribution in [0.4, 0.5) is 0 Å². The monoisotopic (exact) mass is 448 g/mol. The van der Waals surface area contributed by atoms with E-state index in [0.717, 1.165) is 35.0 Å². The maximum atomic E-state index is 11.7. The molecule has 0 unspecified atom stereocenters. The number of carbonyl (C=O) groups is 1. The highest BCUT2D eigenvalue weighted by molar-refractivity contribution is 9.10. The number of halogens is 1. The van der Waals surface area contributed by atoms with E-state index in [4.69, 9.17) is 4.74 Å². The molecule has 2 aromatic heterocycles. The molecular weight excluding hydrogens is 432 g/mol. The summed E-state index contributed by atoms with van der Waals surface area (Å²) < 4.78 is 8.60. The average molecular weight is 449 g/mol. The molecule has 1 aliphatic carbocycles. The fourth-order valence-electron chi connectivity index (χ4n) is 3.28. The van der Waals surface area contributed by atoms with Gasteiger partial charge in [-0.15, -0.1) is 5.10 Å². The van der Waals surface area contributed by atoms with Gasteiger partial charge in [0.05, 0.1) is 15.6 Å². The van der Waals surface area contributed by atoms with Gasteiger partial charge in [-0.25, -0.2) is 9.67 Å². The molecule has 0 aliphatic heterocycles. The first kappa shape index (κ1) is 18.0. The predicted octanol–water partition coefficient (Wildman–Crippen LogP) is 5.27. The lowest BCUT2D eigenvalue weighted by atomic mass is 10.1. The molecular formula is C22H17BrN4O2. The van der Waals surface area contributed by atoms with E-state index in [1.165, 1.54) is 12.8 Å². The fourth-order valence-corrected chi connectivity index (χ4v) is 3.77. The molecule has 2 aromatic carbocycles. The normalized spacial score (nSPS) is 13.6. The molecule has 0 amide bonds. The van der Waals surface area contributed by atoms with E-state index in [2.05, 4.69) is 31.2 Å². The summed E-state index contributed by atoms with van der Waals surface area (Å²) in [6.07, 6.45) is 4.97. The van der Waals surface area contributed by atoms with Crippen LogP contribution in [-0.2, 0) is 6.54 Å². The quantitative estimate of drug-likeness (QED) is 0.375. The van der Waals surface area contributed by atoms with E-state index in [-0.39, 0.29) is 5.88 Å². The Hall–Kier alpha value is -3.06. The van der Waals surface area contributed by atoms with Gasteiger partial charge in [-0.2, -0.15) is 0 Å². The topological polar surface area (TPSA) is 69.9 Å². The van der Waals surface area contributed by atoms with Crippen molar-refractivity contribution in [3.05, 3.63) is 64.8 Å². The molecule has 6 nitrogen and oxygen atoms in total. The lowest BCUT2D eigenvalue weighted by molar-refractivity contribution is 0.112. The van der Waals surface area contributed by atoms with Crippen LogP contribution in [0.25, 0.3) is 22.2 Å². The van der Waals surface area contributed by atoms with E-state index in [1.54, 1.807) is 12.3 Å². The first-order valence-electron chi connectivity index (χ1n) is 9.43. The Kier molecular flexibility index (Phi) is 4.60. The smallest absolute Gasteiger partial charge is 0.229 e. The third-order valence-corrected chi connectivity index (χ3v) is 5.80. The molecule has 2 heterocycles. The number of benzene rings is 2. The molecule has 1 aliphatic rings. The number of pyridine rings is 1. The SMILES string of the molecule is O=Cc1cc(-c2ccccc2)cnc1Oc1ccc2c(nnn2CC2CC2)c1Br. The van der Waals surface area contributed by atoms with Crippen molar-refractivity contribution in [1.29, 1.82) is 0 Å². The first-order chi connectivity index (χ1) is 14.2. The molecule has 1 saturated carbocycles. The van der Waals surface area contributed by atoms with Gasteiger partial charge >= 0.3 is 0 Å². The highest BCUT2D eigenvalue weighted by Gasteiger charge is 2.24. The van der Waals surface area contributed by atoms with Crippen molar-refractivity contribution in [3.8, 4) is 22.8 Å². The maximum absolute atomic E-state index is 11.7. The van der Waals surface area contributed by atoms with Crippen molar-refractivity contribution in [3.63, 3.8) is 0 Å². The molecule has 29 heavy (non-hydrogen) atoms. The lowest BCUT2D eigenvalue weighted by Gasteiger charge is -2.10. The molecule has 0 spiro atoms. The van der Waals surface area contributed by atoms with E-state index in [9.17, 15) is 4.79 Å². The zero-order chi connectivity index (χ0) is 19.8. The van der Waals surface area contributed by atoms with Crippen molar-refractivity contribution in [2.24, 2.45) is 5.92 Å². The highest BCUT2D eigenvalue weighted by atomic mass is 79.9. The van der Waals surface area contributed by atoms with Gasteiger partial charge in [-0.1, -0.05) is 35.5 Å². The summed E-state index contributed by atoms with van der Waals surface area (Å²) in [6.45, 7) is 0.890. The molecule has 0 saturated heterocycles. The number of aldehydes is 1. The summed E-state index contributed by atoms with van der Waals surface area (Å²) in [7, 11) is 0. The van der Waals surface area contributed by atoms with Crippen LogP contribution in [0.2, 0.25) is 0 Å². The predicted molar refractivity (Wildman–Crippen MR) is 113 cm³/mol. The minimum absolute atomic E-state index is 0.255. The van der Waals surface area contributed by atoms with E-state index in [1.807, 2.05) is 47.1 Å². The summed E-state index contributed by atoms with van der Waals surface area (Å²) in [6, 6.07) is 15.4. The van der Waals surface area contributed by atoms with Gasteiger partial charge in [0.25, 0.3) is 0 Å². The number of nitrogens with zero attached hydrogens (tertiary/aromatic N) is 4. The van der Waals surface area contributed by atoms with Gasteiger partial charge in [0.1, 0.15) is 11.3 Å². The third kappa shape index (κ3) is 3.53. The molecule has 5 rings (SSSR count). The summed E-state index contributed by atoms with van der Waals surface area (Å²) in [5.41, 5.74) is 3.92. The first-order valence-corrected chi connectivity index (χ1v) is 10.2. The molecule has 7 heteroatoms. The second-order valence-corrected chi connectivity index (χ2v) is 7.96. The minimum atomic E-state index is 0.255. The number of rotatable bonds is 6. The number of hydrogen-bond acceptors (Lipinski definition) is 5. The zero-order valence-electron chi connectivity index (χ0n) is 15.5. The van der Waals surface area contributed by atoms with Crippen LogP contribution >= 0.6 is 15.9 Å². The molecule has 0 atom stereocenters. The van der Waals surface area contributed by atoms with Crippen LogP contribution in [-0.4, -0.2) is 26.3 Å². The van der Waals surface area contributed by atoms with Gasteiger partial charge in [0.2, 0.25) is 5.88 Å². The van der Waals surface area contributed by atoms with Gasteiger partial charge in [0.15, 0.2) is 6.29 Å². The lowest BCUT2D eigenvalue weighted by Crippen LogP contribution is -2.01. The van der Waals surface area contributed by atoms with Crippen LogP contribution in [0.3, 0.4) is 0 Å². The van der Waals surface area contributed by atoms with Gasteiger partial charge < -0.3 is 4.74 Å². The van der Waals surface area contributed by atoms with Crippen LogP contribution < -0.4 is 4.74 Å². The van der Waals surface area contributed by atoms with Gasteiger partial charge in [0, 0.05) is 18.3 Å². The zero-order valence-corrected chi connectivity index (χ0v) is 17.0. The van der Waals surface area contributed by atoms with Crippen LogP contribution in [0.5, 0.6) is 11.6 Å². The number of hydrogen-bond donors (Lipinski definition) is 0. The Labute approximate surface area is 175 Å². The van der Waals surface area contributed by atoms with Crippen LogP contribution in [0, 0.1) is 5.92 Å². The molecule has 1 fully saturated rings. The van der Waals surface area contributed by atoms with Gasteiger partial charge in [-0.05, 0) is 58.5 Å². The van der Waals surface area contributed by atoms with Crippen molar-refractivity contribution in [1.82, 2.24) is 20.0 Å². The standard InChI is InChI=1S/C22H17BrN4O2/c23-20-19(9-8-18-21(20)25-26-27(18)12-14-6-7-14)29-22-17(13-28)10-16(11-24-22)15-4-2-1-3-5-15/h1-5,8-11,13-14H,6-7,12H2. The maximum Gasteiger partial charge on any atom is 0.229 e. The Morgan fingerprint density at radius 3 is 2.72 bits per heavy atom. The second-order valence-electron chi connectivity index (χ2n) is 7.16. The van der Waals surface area contributed by atoms with Crippen molar-refractivity contribution in [2.45, 2.75) is 19.4 Å².